The van der Waals surface area contributed by atoms with E-state index in [2.05, 4.69) is 0 Å². The molecule has 1 aliphatic rings. The quantitative estimate of drug-likeness (QED) is 0.857. The van der Waals surface area contributed by atoms with Crippen LogP contribution in [0.15, 0.2) is 18.2 Å². The fourth-order valence-electron chi connectivity index (χ4n) is 2.51. The number of aliphatic carboxylic acids is 1. The van der Waals surface area contributed by atoms with Crippen molar-refractivity contribution in [3.63, 3.8) is 0 Å². The Morgan fingerprint density at radius 3 is 2.16 bits per heavy atom. The maximum Gasteiger partial charge on any atom is 0.306 e. The minimum atomic E-state index is -0.856. The lowest BCUT2D eigenvalue weighted by Gasteiger charge is -2.25. The number of ketones is 1. The summed E-state index contributed by atoms with van der Waals surface area (Å²) in [5.74, 6) is -3.56. The highest BCUT2D eigenvalue weighted by Gasteiger charge is 2.31. The summed E-state index contributed by atoms with van der Waals surface area (Å²) < 4.78 is 26.3. The third kappa shape index (κ3) is 2.97. The highest BCUT2D eigenvalue weighted by Crippen LogP contribution is 2.31. The van der Waals surface area contributed by atoms with Gasteiger partial charge >= 0.3 is 5.97 Å². The predicted molar refractivity (Wildman–Crippen MR) is 63.8 cm³/mol. The number of hydrogen-bond donors (Lipinski definition) is 1. The Morgan fingerprint density at radius 2 is 1.63 bits per heavy atom. The molecule has 19 heavy (non-hydrogen) atoms. The lowest BCUT2D eigenvalue weighted by Crippen LogP contribution is -2.26. The van der Waals surface area contributed by atoms with E-state index in [-0.39, 0.29) is 17.3 Å². The third-order valence-electron chi connectivity index (χ3n) is 3.64. The first-order valence-corrected chi connectivity index (χ1v) is 6.21. The molecule has 1 aromatic carbocycles. The van der Waals surface area contributed by atoms with E-state index in [9.17, 15) is 18.4 Å². The highest BCUT2D eigenvalue weighted by atomic mass is 19.1. The summed E-state index contributed by atoms with van der Waals surface area (Å²) >= 11 is 0. The molecule has 1 aliphatic carbocycles. The maximum atomic E-state index is 13.5. The summed E-state index contributed by atoms with van der Waals surface area (Å²) in [4.78, 5) is 22.9. The van der Waals surface area contributed by atoms with Crippen LogP contribution in [0.4, 0.5) is 8.78 Å². The fourth-order valence-corrected chi connectivity index (χ4v) is 2.51. The van der Waals surface area contributed by atoms with Crippen LogP contribution >= 0.6 is 0 Å². The molecule has 0 saturated heterocycles. The van der Waals surface area contributed by atoms with E-state index in [1.807, 2.05) is 0 Å². The molecule has 2 rings (SSSR count). The first-order chi connectivity index (χ1) is 8.99. The average Bonchev–Trinajstić information content (AvgIpc) is 2.38. The van der Waals surface area contributed by atoms with Gasteiger partial charge in [0.15, 0.2) is 5.78 Å². The Morgan fingerprint density at radius 1 is 1.05 bits per heavy atom. The van der Waals surface area contributed by atoms with Gasteiger partial charge in [-0.1, -0.05) is 0 Å². The van der Waals surface area contributed by atoms with Crippen LogP contribution in [-0.4, -0.2) is 16.9 Å². The van der Waals surface area contributed by atoms with E-state index >= 15 is 0 Å². The van der Waals surface area contributed by atoms with E-state index in [0.717, 1.165) is 12.1 Å². The predicted octanol–water partition coefficient (Wildman–Crippen LogP) is 3.04. The zero-order valence-corrected chi connectivity index (χ0v) is 10.2. The second kappa shape index (κ2) is 5.47. The van der Waals surface area contributed by atoms with Crippen molar-refractivity contribution < 1.29 is 23.5 Å². The number of benzene rings is 1. The minimum absolute atomic E-state index is 0.111. The third-order valence-corrected chi connectivity index (χ3v) is 3.64. The molecule has 0 atom stereocenters. The first-order valence-electron chi connectivity index (χ1n) is 6.21. The summed E-state index contributed by atoms with van der Waals surface area (Å²) in [6.07, 6.45) is 1.72. The lowest BCUT2D eigenvalue weighted by molar-refractivity contribution is -0.143. The normalized spacial score (nSPS) is 23.1. The van der Waals surface area contributed by atoms with Crippen LogP contribution in [0.2, 0.25) is 0 Å². The Bertz CT molecular complexity index is 505. The van der Waals surface area contributed by atoms with Crippen molar-refractivity contribution in [2.24, 2.45) is 11.8 Å². The van der Waals surface area contributed by atoms with Crippen molar-refractivity contribution in [1.82, 2.24) is 0 Å². The number of carbonyl (C=O) groups is 2. The van der Waals surface area contributed by atoms with Gasteiger partial charge < -0.3 is 5.11 Å². The van der Waals surface area contributed by atoms with Crippen molar-refractivity contribution in [1.29, 1.82) is 0 Å². The molecule has 0 spiro atoms. The number of halogens is 2. The van der Waals surface area contributed by atoms with Gasteiger partial charge in [-0.3, -0.25) is 9.59 Å². The molecule has 0 amide bonds. The Kier molecular flexibility index (Phi) is 3.93. The van der Waals surface area contributed by atoms with Gasteiger partial charge in [0.1, 0.15) is 11.6 Å². The molecule has 0 heterocycles. The number of carboxylic acids is 1. The van der Waals surface area contributed by atoms with E-state index in [4.69, 9.17) is 5.11 Å². The lowest BCUT2D eigenvalue weighted by atomic mass is 9.78. The van der Waals surface area contributed by atoms with Gasteiger partial charge in [0.2, 0.25) is 0 Å². The van der Waals surface area contributed by atoms with Crippen LogP contribution in [0.25, 0.3) is 0 Å². The van der Waals surface area contributed by atoms with Crippen LogP contribution in [0.5, 0.6) is 0 Å². The molecule has 102 valence electrons. The number of carbonyl (C=O) groups excluding carboxylic acids is 1. The van der Waals surface area contributed by atoms with Crippen molar-refractivity contribution in [3.8, 4) is 0 Å². The SMILES string of the molecule is O=C(O)[C@H]1CC[C@H](C(=O)c2ccc(F)cc2F)CC1. The average molecular weight is 268 g/mol. The Labute approximate surface area is 109 Å². The van der Waals surface area contributed by atoms with Crippen LogP contribution in [0, 0.1) is 23.5 Å². The van der Waals surface area contributed by atoms with Gasteiger partial charge in [-0.2, -0.15) is 0 Å². The van der Waals surface area contributed by atoms with Gasteiger partial charge in [-0.15, -0.1) is 0 Å². The number of hydrogen-bond acceptors (Lipinski definition) is 2. The van der Waals surface area contributed by atoms with E-state index in [0.29, 0.717) is 31.7 Å². The molecule has 1 fully saturated rings. The molecule has 5 heteroatoms. The second-order valence-corrected chi connectivity index (χ2v) is 4.88. The zero-order valence-electron chi connectivity index (χ0n) is 10.2. The second-order valence-electron chi connectivity index (χ2n) is 4.88. The topological polar surface area (TPSA) is 54.4 Å². The molecule has 1 saturated carbocycles. The maximum absolute atomic E-state index is 13.5. The van der Waals surface area contributed by atoms with Crippen LogP contribution in [0.3, 0.4) is 0 Å². The molecule has 0 bridgehead atoms. The Balaban J connectivity index is 2.07. The highest BCUT2D eigenvalue weighted by molar-refractivity contribution is 5.98. The number of Topliss-reactive ketones (excluding diaryl/α,β-unsaturated/α-hetero) is 1. The van der Waals surface area contributed by atoms with Gasteiger partial charge in [0, 0.05) is 12.0 Å². The van der Waals surface area contributed by atoms with Gasteiger partial charge in [0.05, 0.1) is 11.5 Å². The molecule has 0 aromatic heterocycles. The standard InChI is InChI=1S/C14H14F2O3/c15-10-5-6-11(12(16)7-10)13(17)8-1-3-9(4-2-8)14(18)19/h5-9H,1-4H2,(H,18,19)/t8-,9-. The summed E-state index contributed by atoms with van der Waals surface area (Å²) in [6, 6.07) is 2.89. The van der Waals surface area contributed by atoms with Crippen molar-refractivity contribution in [2.45, 2.75) is 25.7 Å². The summed E-state index contributed by atoms with van der Waals surface area (Å²) in [5, 5.41) is 8.87. The molecule has 0 aliphatic heterocycles. The zero-order chi connectivity index (χ0) is 14.0. The summed E-state index contributed by atoms with van der Waals surface area (Å²) in [7, 11) is 0. The van der Waals surface area contributed by atoms with E-state index in [1.54, 1.807) is 0 Å². The molecule has 1 N–H and O–H groups in total. The monoisotopic (exact) mass is 268 g/mol. The molecule has 3 nitrogen and oxygen atoms in total. The molecule has 0 radical (unpaired) electrons. The molecule has 0 unspecified atom stereocenters. The van der Waals surface area contributed by atoms with Gasteiger partial charge in [-0.25, -0.2) is 8.78 Å². The van der Waals surface area contributed by atoms with Crippen molar-refractivity contribution >= 4 is 11.8 Å². The van der Waals surface area contributed by atoms with Crippen LogP contribution in [-0.2, 0) is 4.79 Å². The summed E-state index contributed by atoms with van der Waals surface area (Å²) in [6.45, 7) is 0. The van der Waals surface area contributed by atoms with E-state index < -0.39 is 23.5 Å². The van der Waals surface area contributed by atoms with Crippen LogP contribution in [0.1, 0.15) is 36.0 Å². The largest absolute Gasteiger partial charge is 0.481 e. The molecular formula is C14H14F2O3. The molecule has 1 aromatic rings. The Hall–Kier alpha value is -1.78. The van der Waals surface area contributed by atoms with Crippen molar-refractivity contribution in [2.75, 3.05) is 0 Å². The number of rotatable bonds is 3. The number of carboxylic acid groups (broad SMARTS) is 1. The van der Waals surface area contributed by atoms with Crippen molar-refractivity contribution in [3.05, 3.63) is 35.4 Å². The van der Waals surface area contributed by atoms with E-state index in [1.165, 1.54) is 0 Å². The van der Waals surface area contributed by atoms with Gasteiger partial charge in [0.25, 0.3) is 0 Å². The van der Waals surface area contributed by atoms with Gasteiger partial charge in [-0.05, 0) is 37.8 Å². The smallest absolute Gasteiger partial charge is 0.306 e. The van der Waals surface area contributed by atoms with Crippen LogP contribution < -0.4 is 0 Å². The minimum Gasteiger partial charge on any atom is -0.481 e. The first kappa shape index (κ1) is 13.6. The summed E-state index contributed by atoms with van der Waals surface area (Å²) in [5.41, 5.74) is -0.111. The fraction of sp³-hybridized carbons (Fsp3) is 0.429. The molecular weight excluding hydrogens is 254 g/mol.